The number of nitrogens with zero attached hydrogens (tertiary/aromatic N) is 1. The number of carbonyl (C=O) groups is 2. The van der Waals surface area contributed by atoms with Crippen LogP contribution in [0.2, 0.25) is 0 Å². The minimum Gasteiger partial charge on any atom is -0.466 e. The number of rotatable bonds is 6. The average molecular weight is 333 g/mol. The molecule has 0 spiro atoms. The molecule has 0 fully saturated rings. The number of nitro benzene ring substituents is 1. The molecule has 24 heavy (non-hydrogen) atoms. The summed E-state index contributed by atoms with van der Waals surface area (Å²) >= 11 is 0. The van der Waals surface area contributed by atoms with Crippen LogP contribution in [0.1, 0.15) is 25.3 Å². The Hall–Kier alpha value is -2.96. The number of ether oxygens (including phenoxy) is 2. The van der Waals surface area contributed by atoms with E-state index in [1.165, 1.54) is 44.6 Å². The largest absolute Gasteiger partial charge is 0.466 e. The topological polar surface area (TPSA) is 95.7 Å². The molecular weight excluding hydrogens is 314 g/mol. The normalized spacial score (nSPS) is 13.2. The third-order valence-electron chi connectivity index (χ3n) is 3.53. The summed E-state index contributed by atoms with van der Waals surface area (Å²) in [6.45, 7) is 3.19. The van der Waals surface area contributed by atoms with E-state index in [4.69, 9.17) is 9.47 Å². The number of benzene rings is 1. The number of nitro groups is 1. The highest BCUT2D eigenvalue weighted by Gasteiger charge is 2.34. The summed E-state index contributed by atoms with van der Waals surface area (Å²) < 4.78 is 9.52. The number of carbonyl (C=O) groups excluding carboxylic acids is 2. The molecule has 7 heteroatoms. The number of methoxy groups -OCH3 is 2. The van der Waals surface area contributed by atoms with Crippen LogP contribution in [0.15, 0.2) is 47.6 Å². The molecule has 0 N–H and O–H groups in total. The zero-order chi connectivity index (χ0) is 18.3. The molecule has 128 valence electrons. The van der Waals surface area contributed by atoms with E-state index in [9.17, 15) is 19.7 Å². The Kier molecular flexibility index (Phi) is 6.85. The first-order chi connectivity index (χ1) is 11.4. The zero-order valence-corrected chi connectivity index (χ0v) is 13.9. The number of esters is 2. The lowest BCUT2D eigenvalue weighted by Gasteiger charge is -2.21. The Morgan fingerprint density at radius 1 is 1.04 bits per heavy atom. The van der Waals surface area contributed by atoms with Crippen LogP contribution >= 0.6 is 0 Å². The first-order valence-corrected chi connectivity index (χ1v) is 7.15. The third kappa shape index (κ3) is 3.87. The average Bonchev–Trinajstić information content (AvgIpc) is 2.60. The highest BCUT2D eigenvalue weighted by molar-refractivity contribution is 5.98. The van der Waals surface area contributed by atoms with Crippen LogP contribution in [0.4, 0.5) is 5.69 Å². The predicted molar refractivity (Wildman–Crippen MR) is 87.4 cm³/mol. The van der Waals surface area contributed by atoms with E-state index in [1.807, 2.05) is 0 Å². The first kappa shape index (κ1) is 19.1. The Labute approximate surface area is 139 Å². The molecule has 7 nitrogen and oxygen atoms in total. The van der Waals surface area contributed by atoms with Crippen LogP contribution in [-0.2, 0) is 19.1 Å². The second-order valence-electron chi connectivity index (χ2n) is 4.72. The van der Waals surface area contributed by atoms with Crippen LogP contribution in [0.3, 0.4) is 0 Å². The van der Waals surface area contributed by atoms with Gasteiger partial charge in [0.05, 0.1) is 25.1 Å². The predicted octanol–water partition coefficient (Wildman–Crippen LogP) is 2.92. The molecule has 0 aliphatic rings. The van der Waals surface area contributed by atoms with E-state index >= 15 is 0 Å². The Morgan fingerprint density at radius 2 is 1.50 bits per heavy atom. The molecule has 0 aliphatic carbocycles. The Morgan fingerprint density at radius 3 is 1.88 bits per heavy atom. The van der Waals surface area contributed by atoms with Gasteiger partial charge in [-0.15, -0.1) is 0 Å². The minimum atomic E-state index is -0.971. The summed E-state index contributed by atoms with van der Waals surface area (Å²) in [6, 6.07) is 5.93. The van der Waals surface area contributed by atoms with Gasteiger partial charge in [0.25, 0.3) is 5.69 Å². The monoisotopic (exact) mass is 333 g/mol. The molecule has 1 aromatic rings. The highest BCUT2D eigenvalue weighted by atomic mass is 16.6. The van der Waals surface area contributed by atoms with Gasteiger partial charge in [0.15, 0.2) is 0 Å². The molecule has 0 bridgehead atoms. The lowest BCUT2D eigenvalue weighted by molar-refractivity contribution is -0.385. The van der Waals surface area contributed by atoms with E-state index in [0.29, 0.717) is 0 Å². The maximum atomic E-state index is 12.1. The maximum Gasteiger partial charge on any atom is 0.334 e. The molecule has 0 amide bonds. The summed E-state index contributed by atoms with van der Waals surface area (Å²) in [6.07, 6.45) is 2.94. The number of hydrogen-bond donors (Lipinski definition) is 0. The van der Waals surface area contributed by atoms with Crippen molar-refractivity contribution in [1.29, 1.82) is 0 Å². The van der Waals surface area contributed by atoms with Gasteiger partial charge in [0, 0.05) is 22.8 Å². The van der Waals surface area contributed by atoms with E-state index in [1.54, 1.807) is 19.9 Å². The van der Waals surface area contributed by atoms with Crippen LogP contribution in [0.5, 0.6) is 0 Å². The van der Waals surface area contributed by atoms with Crippen molar-refractivity contribution in [1.82, 2.24) is 0 Å². The molecule has 0 saturated heterocycles. The Balaban J connectivity index is 3.71. The molecule has 0 saturated carbocycles. The van der Waals surface area contributed by atoms with Crippen LogP contribution in [0, 0.1) is 10.1 Å². The number of para-hydroxylation sites is 1. The van der Waals surface area contributed by atoms with E-state index in [0.717, 1.165) is 0 Å². The fourth-order valence-corrected chi connectivity index (χ4v) is 2.44. The van der Waals surface area contributed by atoms with Crippen molar-refractivity contribution in [2.75, 3.05) is 14.2 Å². The molecular formula is C17H19NO6. The van der Waals surface area contributed by atoms with Crippen molar-refractivity contribution in [3.8, 4) is 0 Å². The van der Waals surface area contributed by atoms with Gasteiger partial charge in [-0.05, 0) is 13.8 Å². The van der Waals surface area contributed by atoms with Crippen molar-refractivity contribution in [2.45, 2.75) is 19.8 Å². The van der Waals surface area contributed by atoms with Gasteiger partial charge in [-0.3, -0.25) is 10.1 Å². The quantitative estimate of drug-likeness (QED) is 0.344. The van der Waals surface area contributed by atoms with Gasteiger partial charge < -0.3 is 9.47 Å². The van der Waals surface area contributed by atoms with Crippen molar-refractivity contribution in [2.24, 2.45) is 0 Å². The van der Waals surface area contributed by atoms with Crippen molar-refractivity contribution >= 4 is 17.6 Å². The fraction of sp³-hybridized carbons (Fsp3) is 0.294. The van der Waals surface area contributed by atoms with E-state index in [2.05, 4.69) is 0 Å². The summed E-state index contributed by atoms with van der Waals surface area (Å²) in [5.74, 6) is -2.32. The minimum absolute atomic E-state index is 0.116. The van der Waals surface area contributed by atoms with Gasteiger partial charge in [-0.25, -0.2) is 9.59 Å². The third-order valence-corrected chi connectivity index (χ3v) is 3.53. The number of hydrogen-bond acceptors (Lipinski definition) is 6. The first-order valence-electron chi connectivity index (χ1n) is 7.15. The summed E-state index contributed by atoms with van der Waals surface area (Å²) in [4.78, 5) is 35.1. The van der Waals surface area contributed by atoms with Crippen LogP contribution in [-0.4, -0.2) is 31.1 Å². The van der Waals surface area contributed by atoms with E-state index < -0.39 is 22.8 Å². The standard InChI is InChI=1S/C17H19NO6/c1-5-11(16(19)23-3)15(12(6-2)17(20)24-4)13-9-7-8-10-14(13)18(21)22/h5-10,15H,1-4H3. The molecule has 0 aliphatic heterocycles. The lowest BCUT2D eigenvalue weighted by Crippen LogP contribution is -2.21. The summed E-state index contributed by atoms with van der Waals surface area (Å²) in [5.41, 5.74) is 0.240. The lowest BCUT2D eigenvalue weighted by atomic mass is 9.83. The van der Waals surface area contributed by atoms with E-state index in [-0.39, 0.29) is 22.4 Å². The summed E-state index contributed by atoms with van der Waals surface area (Å²) in [5, 5.41) is 11.4. The smallest absolute Gasteiger partial charge is 0.334 e. The molecule has 1 aromatic carbocycles. The number of allylic oxidation sites excluding steroid dienone is 2. The summed E-state index contributed by atoms with van der Waals surface area (Å²) in [7, 11) is 2.41. The van der Waals surface area contributed by atoms with Gasteiger partial charge in [-0.2, -0.15) is 0 Å². The van der Waals surface area contributed by atoms with Gasteiger partial charge >= 0.3 is 11.9 Å². The van der Waals surface area contributed by atoms with Crippen LogP contribution in [0.25, 0.3) is 0 Å². The maximum absolute atomic E-state index is 12.1. The van der Waals surface area contributed by atoms with Crippen molar-refractivity contribution in [3.63, 3.8) is 0 Å². The Bertz CT molecular complexity index is 673. The van der Waals surface area contributed by atoms with Gasteiger partial charge in [0.2, 0.25) is 0 Å². The molecule has 0 radical (unpaired) electrons. The second-order valence-corrected chi connectivity index (χ2v) is 4.72. The fourth-order valence-electron chi connectivity index (χ4n) is 2.44. The van der Waals surface area contributed by atoms with Crippen molar-refractivity contribution in [3.05, 3.63) is 63.2 Å². The molecule has 1 rings (SSSR count). The molecule has 0 aromatic heterocycles. The molecule has 0 unspecified atom stereocenters. The molecule has 0 atom stereocenters. The SMILES string of the molecule is CC=C(C(=O)OC)C(C(=CC)C(=O)OC)c1ccccc1[N+](=O)[O-]. The second kappa shape index (κ2) is 8.61. The van der Waals surface area contributed by atoms with Gasteiger partial charge in [-0.1, -0.05) is 30.4 Å². The highest BCUT2D eigenvalue weighted by Crippen LogP contribution is 2.38. The van der Waals surface area contributed by atoms with Crippen LogP contribution < -0.4 is 0 Å². The zero-order valence-electron chi connectivity index (χ0n) is 13.9. The van der Waals surface area contributed by atoms with Gasteiger partial charge in [0.1, 0.15) is 0 Å². The molecule has 0 heterocycles. The van der Waals surface area contributed by atoms with Crippen molar-refractivity contribution < 1.29 is 24.0 Å².